The van der Waals surface area contributed by atoms with E-state index in [9.17, 15) is 4.79 Å². The van der Waals surface area contributed by atoms with Gasteiger partial charge in [0.1, 0.15) is 22.3 Å². The van der Waals surface area contributed by atoms with Crippen molar-refractivity contribution in [1.29, 1.82) is 0 Å². The van der Waals surface area contributed by atoms with E-state index in [0.717, 1.165) is 62.1 Å². The van der Waals surface area contributed by atoms with Crippen LogP contribution >= 0.6 is 23.7 Å². The van der Waals surface area contributed by atoms with Crippen molar-refractivity contribution in [2.24, 2.45) is 0 Å². The third-order valence-electron chi connectivity index (χ3n) is 5.03. The smallest absolute Gasteiger partial charge is 0.267 e. The Bertz CT molecular complexity index is 782. The van der Waals surface area contributed by atoms with Gasteiger partial charge in [-0.15, -0.1) is 33.9 Å². The van der Waals surface area contributed by atoms with Crippen LogP contribution in [0.2, 0.25) is 0 Å². The van der Waals surface area contributed by atoms with E-state index in [1.165, 1.54) is 11.3 Å². The lowest BCUT2D eigenvalue weighted by atomic mass is 9.95. The second-order valence-corrected chi connectivity index (χ2v) is 7.88. The van der Waals surface area contributed by atoms with E-state index in [-0.39, 0.29) is 18.3 Å². The molecule has 1 amide bonds. The summed E-state index contributed by atoms with van der Waals surface area (Å²) in [5.74, 6) is 3.27. The van der Waals surface area contributed by atoms with Gasteiger partial charge in [0.05, 0.1) is 13.7 Å². The van der Waals surface area contributed by atoms with Crippen molar-refractivity contribution in [3.63, 3.8) is 0 Å². The van der Waals surface area contributed by atoms with Crippen molar-refractivity contribution in [2.45, 2.75) is 38.8 Å². The van der Waals surface area contributed by atoms with Gasteiger partial charge in [0.25, 0.3) is 5.91 Å². The Morgan fingerprint density at radius 2 is 2.08 bits per heavy atom. The fourth-order valence-electron chi connectivity index (χ4n) is 3.69. The zero-order valence-corrected chi connectivity index (χ0v) is 16.7. The quantitative estimate of drug-likeness (QED) is 0.859. The first kappa shape index (κ1) is 19.1. The minimum atomic E-state index is 0. The van der Waals surface area contributed by atoms with Crippen molar-refractivity contribution in [3.8, 4) is 5.75 Å². The van der Waals surface area contributed by atoms with Crippen LogP contribution < -0.4 is 10.1 Å². The molecule has 1 fully saturated rings. The van der Waals surface area contributed by atoms with Crippen LogP contribution in [0.25, 0.3) is 0 Å². The topological polar surface area (TPSA) is 72.3 Å². The Morgan fingerprint density at radius 1 is 1.31 bits per heavy atom. The Morgan fingerprint density at radius 3 is 2.81 bits per heavy atom. The Hall–Kier alpha value is -1.64. The zero-order valence-electron chi connectivity index (χ0n) is 15.0. The highest BCUT2D eigenvalue weighted by atomic mass is 35.5. The largest absolute Gasteiger partial charge is 0.495 e. The highest BCUT2D eigenvalue weighted by Gasteiger charge is 2.30. The van der Waals surface area contributed by atoms with E-state index < -0.39 is 0 Å². The average molecular weight is 398 g/mol. The molecule has 2 aromatic heterocycles. The predicted octanol–water partition coefficient (Wildman–Crippen LogP) is 2.20. The molecule has 0 spiro atoms. The van der Waals surface area contributed by atoms with Gasteiger partial charge >= 0.3 is 0 Å². The molecule has 4 heterocycles. The van der Waals surface area contributed by atoms with E-state index in [2.05, 4.69) is 20.1 Å². The first-order valence-electron chi connectivity index (χ1n) is 8.73. The number of likely N-dealkylation sites (tertiary alicyclic amines) is 1. The van der Waals surface area contributed by atoms with Gasteiger partial charge in [-0.1, -0.05) is 0 Å². The fourth-order valence-corrected chi connectivity index (χ4v) is 4.64. The van der Waals surface area contributed by atoms with Crippen LogP contribution in [-0.4, -0.2) is 52.3 Å². The average Bonchev–Trinajstić information content (AvgIpc) is 3.24. The third kappa shape index (κ3) is 3.45. The predicted molar refractivity (Wildman–Crippen MR) is 102 cm³/mol. The second kappa shape index (κ2) is 7.94. The summed E-state index contributed by atoms with van der Waals surface area (Å²) in [5, 5.41) is 12.1. The van der Waals surface area contributed by atoms with Crippen LogP contribution in [-0.2, 0) is 13.1 Å². The fraction of sp³-hybridized carbons (Fsp3) is 0.588. The molecule has 0 bridgehead atoms. The van der Waals surface area contributed by atoms with E-state index >= 15 is 0 Å². The van der Waals surface area contributed by atoms with E-state index in [0.29, 0.717) is 16.5 Å². The molecule has 0 saturated carbocycles. The summed E-state index contributed by atoms with van der Waals surface area (Å²) in [6.45, 7) is 6.20. The van der Waals surface area contributed by atoms with Gasteiger partial charge in [0, 0.05) is 37.0 Å². The molecular weight excluding hydrogens is 374 g/mol. The molecule has 142 valence electrons. The lowest BCUT2D eigenvalue weighted by Gasteiger charge is -2.32. The summed E-state index contributed by atoms with van der Waals surface area (Å²) in [6, 6.07) is 1.93. The lowest BCUT2D eigenvalue weighted by Crippen LogP contribution is -2.38. The lowest BCUT2D eigenvalue weighted by molar-refractivity contribution is 0.0712. The zero-order chi connectivity index (χ0) is 17.4. The number of methoxy groups -OCH3 is 1. The molecule has 0 aromatic carbocycles. The molecule has 7 nitrogen and oxygen atoms in total. The summed E-state index contributed by atoms with van der Waals surface area (Å²) in [4.78, 5) is 16.6. The van der Waals surface area contributed by atoms with Crippen molar-refractivity contribution in [3.05, 3.63) is 27.5 Å². The first-order valence-corrected chi connectivity index (χ1v) is 9.55. The highest BCUT2D eigenvalue weighted by molar-refractivity contribution is 7.14. The normalized spacial score (nSPS) is 17.5. The van der Waals surface area contributed by atoms with Gasteiger partial charge in [-0.2, -0.15) is 0 Å². The van der Waals surface area contributed by atoms with Crippen molar-refractivity contribution in [2.75, 3.05) is 26.7 Å². The number of carbonyl (C=O) groups excluding carboxylic acids is 1. The number of piperidine rings is 1. The van der Waals surface area contributed by atoms with Crippen LogP contribution in [0.1, 0.15) is 45.0 Å². The van der Waals surface area contributed by atoms with Gasteiger partial charge in [-0.3, -0.25) is 4.79 Å². The number of halogens is 1. The van der Waals surface area contributed by atoms with Crippen molar-refractivity contribution < 1.29 is 9.53 Å². The monoisotopic (exact) mass is 397 g/mol. The molecule has 2 aliphatic rings. The van der Waals surface area contributed by atoms with Crippen LogP contribution in [0.15, 0.2) is 6.07 Å². The summed E-state index contributed by atoms with van der Waals surface area (Å²) >= 11 is 1.51. The number of hydrogen-bond donors (Lipinski definition) is 1. The summed E-state index contributed by atoms with van der Waals surface area (Å²) in [7, 11) is 1.62. The maximum absolute atomic E-state index is 12.8. The molecule has 0 atom stereocenters. The van der Waals surface area contributed by atoms with Gasteiger partial charge in [0.15, 0.2) is 0 Å². The van der Waals surface area contributed by atoms with Gasteiger partial charge < -0.3 is 19.5 Å². The summed E-state index contributed by atoms with van der Waals surface area (Å²) in [6.07, 6.45) is 1.87. The number of carbonyl (C=O) groups is 1. The van der Waals surface area contributed by atoms with Crippen LogP contribution in [0.4, 0.5) is 0 Å². The highest BCUT2D eigenvalue weighted by Crippen LogP contribution is 2.33. The Balaban J connectivity index is 0.00000196. The molecule has 0 unspecified atom stereocenters. The molecule has 9 heteroatoms. The number of aryl methyl sites for hydroxylation is 1. The van der Waals surface area contributed by atoms with Crippen LogP contribution in [0.5, 0.6) is 5.75 Å². The number of aromatic nitrogens is 3. The number of fused-ring (bicyclic) bond motifs is 1. The van der Waals surface area contributed by atoms with Gasteiger partial charge in [-0.05, 0) is 25.8 Å². The summed E-state index contributed by atoms with van der Waals surface area (Å²) < 4.78 is 7.61. The van der Waals surface area contributed by atoms with Crippen molar-refractivity contribution >= 4 is 29.7 Å². The molecule has 4 rings (SSSR count). The number of nitrogens with zero attached hydrogens (tertiary/aromatic N) is 4. The third-order valence-corrected chi connectivity index (χ3v) is 6.05. The maximum atomic E-state index is 12.8. The molecular formula is C17H24ClN5O2S. The first-order chi connectivity index (χ1) is 12.2. The molecule has 26 heavy (non-hydrogen) atoms. The molecule has 2 aromatic rings. The molecule has 1 saturated heterocycles. The number of nitrogens with one attached hydrogen (secondary N) is 1. The number of hydrogen-bond acceptors (Lipinski definition) is 6. The van der Waals surface area contributed by atoms with E-state index in [1.54, 1.807) is 7.11 Å². The molecule has 2 aliphatic heterocycles. The molecule has 0 radical (unpaired) electrons. The maximum Gasteiger partial charge on any atom is 0.267 e. The minimum absolute atomic E-state index is 0. The van der Waals surface area contributed by atoms with E-state index in [4.69, 9.17) is 4.74 Å². The van der Waals surface area contributed by atoms with Gasteiger partial charge in [-0.25, -0.2) is 0 Å². The van der Waals surface area contributed by atoms with Crippen LogP contribution in [0, 0.1) is 6.92 Å². The number of ether oxygens (including phenoxy) is 1. The minimum Gasteiger partial charge on any atom is -0.495 e. The number of thiophene rings is 1. The Kier molecular flexibility index (Phi) is 5.84. The van der Waals surface area contributed by atoms with Crippen LogP contribution in [0.3, 0.4) is 0 Å². The number of rotatable bonds is 3. The SMILES string of the molecule is COc1cc(C)sc1C(=O)N1CCC(c2nnc3n2CCNC3)CC1.Cl. The second-order valence-electron chi connectivity index (χ2n) is 6.62. The summed E-state index contributed by atoms with van der Waals surface area (Å²) in [5.41, 5.74) is 0. The number of amides is 1. The van der Waals surface area contributed by atoms with Gasteiger partial charge in [0.2, 0.25) is 0 Å². The Labute approximate surface area is 163 Å². The standard InChI is InChI=1S/C17H23N5O2S.ClH/c1-11-9-13(24-2)15(25-11)17(23)21-6-3-12(4-7-21)16-20-19-14-10-18-5-8-22(14)16;/h9,12,18H,3-8,10H2,1-2H3;1H. The molecule has 0 aliphatic carbocycles. The van der Waals surface area contributed by atoms with E-state index in [1.807, 2.05) is 17.9 Å². The molecule has 1 N–H and O–H groups in total. The van der Waals surface area contributed by atoms with Crippen molar-refractivity contribution in [1.82, 2.24) is 25.0 Å².